The maximum absolute atomic E-state index is 5.48. The SMILES string of the molecule is Cc1csc(Cc2nc(CCN)cs2)n1. The number of nitrogens with two attached hydrogens (primary N) is 1. The van der Waals surface area contributed by atoms with Gasteiger partial charge in [-0.05, 0) is 13.5 Å². The summed E-state index contributed by atoms with van der Waals surface area (Å²) in [5.74, 6) is 0. The Morgan fingerprint density at radius 2 is 1.93 bits per heavy atom. The fourth-order valence-corrected chi connectivity index (χ4v) is 3.01. The van der Waals surface area contributed by atoms with Crippen LogP contribution in [0, 0.1) is 6.92 Å². The van der Waals surface area contributed by atoms with Gasteiger partial charge in [-0.1, -0.05) is 0 Å². The summed E-state index contributed by atoms with van der Waals surface area (Å²) in [5, 5.41) is 6.43. The number of nitrogens with zero attached hydrogens (tertiary/aromatic N) is 2. The van der Waals surface area contributed by atoms with Crippen molar-refractivity contribution in [1.82, 2.24) is 9.97 Å². The molecule has 0 aliphatic heterocycles. The highest BCUT2D eigenvalue weighted by atomic mass is 32.1. The van der Waals surface area contributed by atoms with E-state index in [0.29, 0.717) is 6.54 Å². The highest BCUT2D eigenvalue weighted by Crippen LogP contribution is 2.17. The van der Waals surface area contributed by atoms with Crippen molar-refractivity contribution in [3.05, 3.63) is 32.2 Å². The van der Waals surface area contributed by atoms with Crippen LogP contribution in [0.2, 0.25) is 0 Å². The van der Waals surface area contributed by atoms with E-state index in [1.165, 1.54) is 0 Å². The van der Waals surface area contributed by atoms with E-state index in [0.717, 1.165) is 34.2 Å². The molecule has 0 saturated heterocycles. The largest absolute Gasteiger partial charge is 0.330 e. The van der Waals surface area contributed by atoms with E-state index < -0.39 is 0 Å². The molecule has 0 aliphatic rings. The number of aromatic nitrogens is 2. The van der Waals surface area contributed by atoms with Gasteiger partial charge in [-0.15, -0.1) is 22.7 Å². The second kappa shape index (κ2) is 4.83. The van der Waals surface area contributed by atoms with Crippen LogP contribution >= 0.6 is 22.7 Å². The Hall–Kier alpha value is -0.780. The Morgan fingerprint density at radius 1 is 1.20 bits per heavy atom. The molecule has 0 aromatic carbocycles. The van der Waals surface area contributed by atoms with Gasteiger partial charge in [-0.2, -0.15) is 0 Å². The molecular formula is C10H13N3S2. The standard InChI is InChI=1S/C10H13N3S2/c1-7-5-14-9(12-7)4-10-13-8(2-3-11)6-15-10/h5-6H,2-4,11H2,1H3. The van der Waals surface area contributed by atoms with Gasteiger partial charge in [0.15, 0.2) is 0 Å². The summed E-state index contributed by atoms with van der Waals surface area (Å²) in [6.45, 7) is 2.68. The normalized spacial score (nSPS) is 10.8. The summed E-state index contributed by atoms with van der Waals surface area (Å²) in [6, 6.07) is 0. The molecule has 0 atom stereocenters. The van der Waals surface area contributed by atoms with Crippen LogP contribution in [-0.2, 0) is 12.8 Å². The van der Waals surface area contributed by atoms with E-state index in [9.17, 15) is 0 Å². The number of hydrogen-bond acceptors (Lipinski definition) is 5. The summed E-state index contributed by atoms with van der Waals surface area (Å²) in [4.78, 5) is 8.93. The lowest BCUT2D eigenvalue weighted by Gasteiger charge is -1.91. The number of hydrogen-bond donors (Lipinski definition) is 1. The Bertz CT molecular complexity index is 433. The Morgan fingerprint density at radius 3 is 2.60 bits per heavy atom. The molecule has 5 heteroatoms. The highest BCUT2D eigenvalue weighted by Gasteiger charge is 2.05. The molecule has 0 radical (unpaired) electrons. The molecule has 0 saturated carbocycles. The van der Waals surface area contributed by atoms with Crippen LogP contribution in [0.3, 0.4) is 0 Å². The first-order valence-corrected chi connectivity index (χ1v) is 6.58. The summed E-state index contributed by atoms with van der Waals surface area (Å²) in [7, 11) is 0. The fourth-order valence-electron chi connectivity index (χ4n) is 1.31. The minimum atomic E-state index is 0.666. The molecule has 0 unspecified atom stereocenters. The highest BCUT2D eigenvalue weighted by molar-refractivity contribution is 7.11. The maximum Gasteiger partial charge on any atom is 0.0996 e. The molecule has 0 aliphatic carbocycles. The minimum absolute atomic E-state index is 0.666. The fraction of sp³-hybridized carbons (Fsp3) is 0.400. The average molecular weight is 239 g/mol. The zero-order chi connectivity index (χ0) is 10.7. The summed E-state index contributed by atoms with van der Waals surface area (Å²) in [5.41, 5.74) is 7.67. The first-order valence-electron chi connectivity index (χ1n) is 4.82. The first-order chi connectivity index (χ1) is 7.28. The molecule has 2 aromatic rings. The number of aryl methyl sites for hydroxylation is 1. The molecule has 2 rings (SSSR count). The average Bonchev–Trinajstić information content (AvgIpc) is 2.78. The molecule has 15 heavy (non-hydrogen) atoms. The van der Waals surface area contributed by atoms with Crippen molar-refractivity contribution in [3.8, 4) is 0 Å². The lowest BCUT2D eigenvalue weighted by molar-refractivity contribution is 0.921. The topological polar surface area (TPSA) is 51.8 Å². The lowest BCUT2D eigenvalue weighted by Crippen LogP contribution is -2.02. The molecule has 2 heterocycles. The van der Waals surface area contributed by atoms with E-state index in [1.807, 2.05) is 6.92 Å². The van der Waals surface area contributed by atoms with Gasteiger partial charge in [0.1, 0.15) is 0 Å². The van der Waals surface area contributed by atoms with Gasteiger partial charge in [0, 0.05) is 22.9 Å². The van der Waals surface area contributed by atoms with Crippen molar-refractivity contribution >= 4 is 22.7 Å². The Balaban J connectivity index is 2.04. The monoisotopic (exact) mass is 239 g/mol. The second-order valence-electron chi connectivity index (χ2n) is 3.33. The van der Waals surface area contributed by atoms with Crippen molar-refractivity contribution in [2.24, 2.45) is 5.73 Å². The number of rotatable bonds is 4. The minimum Gasteiger partial charge on any atom is -0.330 e. The first kappa shape index (κ1) is 10.7. The van der Waals surface area contributed by atoms with Crippen LogP contribution in [0.25, 0.3) is 0 Å². The molecular weight excluding hydrogens is 226 g/mol. The van der Waals surface area contributed by atoms with Gasteiger partial charge in [-0.25, -0.2) is 9.97 Å². The summed E-state index contributed by atoms with van der Waals surface area (Å²) < 4.78 is 0. The van der Waals surface area contributed by atoms with Gasteiger partial charge in [-0.3, -0.25) is 0 Å². The van der Waals surface area contributed by atoms with Gasteiger partial charge >= 0.3 is 0 Å². The van der Waals surface area contributed by atoms with Crippen LogP contribution < -0.4 is 5.73 Å². The summed E-state index contributed by atoms with van der Waals surface area (Å²) in [6.07, 6.45) is 1.72. The van der Waals surface area contributed by atoms with Crippen molar-refractivity contribution in [1.29, 1.82) is 0 Å². The van der Waals surface area contributed by atoms with Crippen molar-refractivity contribution < 1.29 is 0 Å². The third kappa shape index (κ3) is 2.84. The van der Waals surface area contributed by atoms with Crippen LogP contribution in [0.4, 0.5) is 0 Å². The van der Waals surface area contributed by atoms with Gasteiger partial charge < -0.3 is 5.73 Å². The molecule has 0 spiro atoms. The van der Waals surface area contributed by atoms with Crippen molar-refractivity contribution in [2.45, 2.75) is 19.8 Å². The predicted molar refractivity (Wildman–Crippen MR) is 64.5 cm³/mol. The van der Waals surface area contributed by atoms with Crippen molar-refractivity contribution in [3.63, 3.8) is 0 Å². The van der Waals surface area contributed by atoms with Crippen molar-refractivity contribution in [2.75, 3.05) is 6.54 Å². The van der Waals surface area contributed by atoms with Gasteiger partial charge in [0.2, 0.25) is 0 Å². The lowest BCUT2D eigenvalue weighted by atomic mass is 10.3. The summed E-state index contributed by atoms with van der Waals surface area (Å²) >= 11 is 3.39. The van der Waals surface area contributed by atoms with E-state index in [2.05, 4.69) is 20.7 Å². The third-order valence-corrected chi connectivity index (χ3v) is 3.83. The predicted octanol–water partition coefficient (Wildman–Crippen LogP) is 2.00. The Kier molecular flexibility index (Phi) is 3.45. The molecule has 80 valence electrons. The van der Waals surface area contributed by atoms with Crippen LogP contribution in [0.5, 0.6) is 0 Å². The van der Waals surface area contributed by atoms with E-state index >= 15 is 0 Å². The third-order valence-electron chi connectivity index (χ3n) is 1.97. The maximum atomic E-state index is 5.48. The molecule has 3 nitrogen and oxygen atoms in total. The molecule has 0 bridgehead atoms. The molecule has 2 N–H and O–H groups in total. The van der Waals surface area contributed by atoms with Crippen LogP contribution in [-0.4, -0.2) is 16.5 Å². The molecule has 2 aromatic heterocycles. The zero-order valence-electron chi connectivity index (χ0n) is 8.56. The zero-order valence-corrected chi connectivity index (χ0v) is 10.2. The quantitative estimate of drug-likeness (QED) is 0.888. The van der Waals surface area contributed by atoms with E-state index in [-0.39, 0.29) is 0 Å². The Labute approximate surface area is 97.0 Å². The number of thiazole rings is 2. The van der Waals surface area contributed by atoms with E-state index in [4.69, 9.17) is 5.73 Å². The molecule has 0 amide bonds. The van der Waals surface area contributed by atoms with Gasteiger partial charge in [0.25, 0.3) is 0 Å². The second-order valence-corrected chi connectivity index (χ2v) is 5.22. The smallest absolute Gasteiger partial charge is 0.0996 e. The molecule has 0 fully saturated rings. The van der Waals surface area contributed by atoms with Crippen LogP contribution in [0.15, 0.2) is 10.8 Å². The van der Waals surface area contributed by atoms with Crippen LogP contribution in [0.1, 0.15) is 21.4 Å². The van der Waals surface area contributed by atoms with Gasteiger partial charge in [0.05, 0.1) is 22.1 Å². The van der Waals surface area contributed by atoms with E-state index in [1.54, 1.807) is 22.7 Å².